The molecule has 1 heterocycles. The molecule has 2 rings (SSSR count). The summed E-state index contributed by atoms with van der Waals surface area (Å²) in [5.41, 5.74) is 1.91. The molecular weight excluding hydrogens is 387 g/mol. The number of halogens is 3. The van der Waals surface area contributed by atoms with Crippen molar-refractivity contribution in [2.24, 2.45) is 0 Å². The van der Waals surface area contributed by atoms with Gasteiger partial charge in [0.05, 0.1) is 3.79 Å². The van der Waals surface area contributed by atoms with Crippen molar-refractivity contribution in [2.45, 2.75) is 13.0 Å². The molecule has 0 amide bonds. The third-order valence-electron chi connectivity index (χ3n) is 2.40. The van der Waals surface area contributed by atoms with Crippen molar-refractivity contribution in [1.29, 1.82) is 0 Å². The number of hydrogen-bond acceptors (Lipinski definition) is 2. The van der Waals surface area contributed by atoms with E-state index < -0.39 is 6.10 Å². The van der Waals surface area contributed by atoms with Gasteiger partial charge in [-0.05, 0) is 52.7 Å². The molecule has 17 heavy (non-hydrogen) atoms. The standard InChI is InChI=1S/C12H9Br2ClOS/c1-6-4-10(17-12(6)14)11(16)8-5-7(15)2-3-9(8)13/h2-5,11,16H,1H3. The summed E-state index contributed by atoms with van der Waals surface area (Å²) < 4.78 is 1.90. The smallest absolute Gasteiger partial charge is 0.114 e. The van der Waals surface area contributed by atoms with Gasteiger partial charge in [0, 0.05) is 19.9 Å². The average Bonchev–Trinajstić information content (AvgIpc) is 2.62. The van der Waals surface area contributed by atoms with E-state index in [1.54, 1.807) is 12.1 Å². The van der Waals surface area contributed by atoms with Crippen molar-refractivity contribution in [2.75, 3.05) is 0 Å². The minimum Gasteiger partial charge on any atom is -0.383 e. The maximum absolute atomic E-state index is 10.3. The largest absolute Gasteiger partial charge is 0.383 e. The molecule has 2 aromatic rings. The first-order chi connectivity index (χ1) is 7.99. The normalized spacial score (nSPS) is 12.8. The lowest BCUT2D eigenvalue weighted by Crippen LogP contribution is -1.98. The zero-order chi connectivity index (χ0) is 12.6. The molecule has 0 saturated heterocycles. The molecule has 1 aromatic carbocycles. The molecule has 0 fully saturated rings. The van der Waals surface area contributed by atoms with Crippen molar-refractivity contribution in [3.63, 3.8) is 0 Å². The highest BCUT2D eigenvalue weighted by Gasteiger charge is 2.17. The average molecular weight is 397 g/mol. The van der Waals surface area contributed by atoms with Crippen LogP contribution >= 0.6 is 54.8 Å². The third-order valence-corrected chi connectivity index (χ3v) is 5.54. The number of aliphatic hydroxyl groups is 1. The summed E-state index contributed by atoms with van der Waals surface area (Å²) >= 11 is 14.4. The maximum atomic E-state index is 10.3. The lowest BCUT2D eigenvalue weighted by molar-refractivity contribution is 0.223. The van der Waals surface area contributed by atoms with Gasteiger partial charge in [-0.1, -0.05) is 27.5 Å². The van der Waals surface area contributed by atoms with Gasteiger partial charge in [-0.2, -0.15) is 0 Å². The predicted octanol–water partition coefficient (Wildman–Crippen LogP) is 5.32. The molecule has 0 radical (unpaired) electrons. The van der Waals surface area contributed by atoms with E-state index in [0.29, 0.717) is 5.02 Å². The van der Waals surface area contributed by atoms with E-state index in [1.807, 2.05) is 19.1 Å². The fraction of sp³-hybridized carbons (Fsp3) is 0.167. The lowest BCUT2D eigenvalue weighted by Gasteiger charge is -2.11. The summed E-state index contributed by atoms with van der Waals surface area (Å²) in [5, 5.41) is 11.0. The number of aryl methyl sites for hydroxylation is 1. The zero-order valence-corrected chi connectivity index (χ0v) is 13.6. The van der Waals surface area contributed by atoms with Gasteiger partial charge in [0.15, 0.2) is 0 Å². The number of thiophene rings is 1. The summed E-state index contributed by atoms with van der Waals surface area (Å²) in [6.45, 7) is 2.00. The van der Waals surface area contributed by atoms with Gasteiger partial charge in [-0.3, -0.25) is 0 Å². The van der Waals surface area contributed by atoms with E-state index in [4.69, 9.17) is 11.6 Å². The van der Waals surface area contributed by atoms with Gasteiger partial charge in [0.1, 0.15) is 6.10 Å². The molecular formula is C12H9Br2ClOS. The van der Waals surface area contributed by atoms with Crippen LogP contribution in [-0.2, 0) is 0 Å². The van der Waals surface area contributed by atoms with Crippen molar-refractivity contribution in [3.05, 3.63) is 53.6 Å². The molecule has 1 N–H and O–H groups in total. The quantitative estimate of drug-likeness (QED) is 0.729. The van der Waals surface area contributed by atoms with Gasteiger partial charge in [-0.15, -0.1) is 11.3 Å². The van der Waals surface area contributed by atoms with Crippen molar-refractivity contribution in [1.82, 2.24) is 0 Å². The molecule has 0 bridgehead atoms. The van der Waals surface area contributed by atoms with Gasteiger partial charge in [0.2, 0.25) is 0 Å². The van der Waals surface area contributed by atoms with Gasteiger partial charge < -0.3 is 5.11 Å². The maximum Gasteiger partial charge on any atom is 0.114 e. The van der Waals surface area contributed by atoms with E-state index in [9.17, 15) is 5.11 Å². The highest BCUT2D eigenvalue weighted by atomic mass is 79.9. The van der Waals surface area contributed by atoms with Crippen LogP contribution in [0.25, 0.3) is 0 Å². The van der Waals surface area contributed by atoms with Gasteiger partial charge in [0.25, 0.3) is 0 Å². The fourth-order valence-corrected chi connectivity index (χ4v) is 3.72. The van der Waals surface area contributed by atoms with E-state index in [1.165, 1.54) is 11.3 Å². The van der Waals surface area contributed by atoms with Crippen LogP contribution in [0.1, 0.15) is 22.1 Å². The van der Waals surface area contributed by atoms with E-state index in [2.05, 4.69) is 31.9 Å². The van der Waals surface area contributed by atoms with Gasteiger partial charge in [-0.25, -0.2) is 0 Å². The number of rotatable bonds is 2. The highest BCUT2D eigenvalue weighted by Crippen LogP contribution is 2.37. The number of benzene rings is 1. The molecule has 1 atom stereocenters. The molecule has 0 aliphatic rings. The minimum atomic E-state index is -0.655. The first-order valence-corrected chi connectivity index (χ1v) is 7.66. The van der Waals surface area contributed by atoms with E-state index in [0.717, 1.165) is 24.3 Å². The molecule has 0 aliphatic heterocycles. The van der Waals surface area contributed by atoms with Crippen LogP contribution in [0.5, 0.6) is 0 Å². The Balaban J connectivity index is 2.42. The Morgan fingerprint density at radius 1 is 1.29 bits per heavy atom. The molecule has 0 saturated carbocycles. The Hall–Kier alpha value is 0.130. The summed E-state index contributed by atoms with van der Waals surface area (Å²) in [6, 6.07) is 7.39. The molecule has 1 aromatic heterocycles. The Labute approximate surface area is 126 Å². The Bertz CT molecular complexity index is 534. The summed E-state index contributed by atoms with van der Waals surface area (Å²) in [4.78, 5) is 0.900. The Morgan fingerprint density at radius 2 is 2.00 bits per heavy atom. The number of aliphatic hydroxyl groups excluding tert-OH is 1. The van der Waals surface area contributed by atoms with Crippen LogP contribution in [0.4, 0.5) is 0 Å². The Kier molecular flexibility index (Phi) is 4.31. The van der Waals surface area contributed by atoms with Crippen LogP contribution in [0.2, 0.25) is 5.02 Å². The van der Waals surface area contributed by atoms with E-state index in [-0.39, 0.29) is 0 Å². The van der Waals surface area contributed by atoms with Gasteiger partial charge >= 0.3 is 0 Å². The molecule has 1 unspecified atom stereocenters. The van der Waals surface area contributed by atoms with Crippen LogP contribution in [0.15, 0.2) is 32.5 Å². The molecule has 90 valence electrons. The Morgan fingerprint density at radius 3 is 2.59 bits per heavy atom. The highest BCUT2D eigenvalue weighted by molar-refractivity contribution is 9.11. The first kappa shape index (κ1) is 13.6. The zero-order valence-electron chi connectivity index (χ0n) is 8.88. The van der Waals surface area contributed by atoms with Crippen molar-refractivity contribution < 1.29 is 5.11 Å². The molecule has 5 heteroatoms. The van der Waals surface area contributed by atoms with Crippen molar-refractivity contribution in [3.8, 4) is 0 Å². The molecule has 1 nitrogen and oxygen atoms in total. The summed E-state index contributed by atoms with van der Waals surface area (Å²) in [5.74, 6) is 0. The second kappa shape index (κ2) is 5.41. The van der Waals surface area contributed by atoms with Crippen LogP contribution in [0.3, 0.4) is 0 Å². The summed E-state index contributed by atoms with van der Waals surface area (Å²) in [6.07, 6.45) is -0.655. The SMILES string of the molecule is Cc1cc(C(O)c2cc(Cl)ccc2Br)sc1Br. The monoisotopic (exact) mass is 394 g/mol. The number of hydrogen-bond donors (Lipinski definition) is 1. The van der Waals surface area contributed by atoms with Crippen molar-refractivity contribution >= 4 is 54.8 Å². The fourth-order valence-electron chi connectivity index (χ4n) is 1.50. The van der Waals surface area contributed by atoms with Crippen LogP contribution in [0, 0.1) is 6.92 Å². The summed E-state index contributed by atoms with van der Waals surface area (Å²) in [7, 11) is 0. The molecule has 0 aliphatic carbocycles. The minimum absolute atomic E-state index is 0.620. The van der Waals surface area contributed by atoms with E-state index >= 15 is 0 Å². The third kappa shape index (κ3) is 2.93. The first-order valence-electron chi connectivity index (χ1n) is 4.88. The second-order valence-corrected chi connectivity index (χ2v) is 7.37. The molecule has 0 spiro atoms. The van der Waals surface area contributed by atoms with Crippen LogP contribution in [-0.4, -0.2) is 5.11 Å². The lowest BCUT2D eigenvalue weighted by atomic mass is 10.1. The second-order valence-electron chi connectivity index (χ2n) is 3.67. The topological polar surface area (TPSA) is 20.2 Å². The van der Waals surface area contributed by atoms with Crippen LogP contribution < -0.4 is 0 Å². The predicted molar refractivity (Wildman–Crippen MR) is 80.0 cm³/mol.